The van der Waals surface area contributed by atoms with Crippen LogP contribution in [0.4, 0.5) is 5.82 Å². The largest absolute Gasteiger partial charge is 0.394 e. The number of hydrogen-bond donors (Lipinski definition) is 2. The zero-order valence-corrected chi connectivity index (χ0v) is 11.7. The van der Waals surface area contributed by atoms with Crippen LogP contribution in [0, 0.1) is 6.92 Å². The van der Waals surface area contributed by atoms with E-state index < -0.39 is 0 Å². The van der Waals surface area contributed by atoms with Gasteiger partial charge in [0.2, 0.25) is 0 Å². The number of benzene rings is 1. The fourth-order valence-corrected chi connectivity index (χ4v) is 1.93. The van der Waals surface area contributed by atoms with Gasteiger partial charge in [-0.05, 0) is 40.0 Å². The standard InChI is InChI=1S/C14H15BrN2O/c1-10-7-14(16-8-12(10)15)17-13(9-18)11-5-3-2-4-6-11/h2-8,13,18H,9H2,1H3,(H,16,17). The Morgan fingerprint density at radius 3 is 2.67 bits per heavy atom. The Morgan fingerprint density at radius 2 is 2.06 bits per heavy atom. The molecule has 0 fully saturated rings. The topological polar surface area (TPSA) is 45.1 Å². The maximum atomic E-state index is 9.47. The predicted molar refractivity (Wildman–Crippen MR) is 76.6 cm³/mol. The highest BCUT2D eigenvalue weighted by atomic mass is 79.9. The van der Waals surface area contributed by atoms with Crippen molar-refractivity contribution in [3.63, 3.8) is 0 Å². The highest BCUT2D eigenvalue weighted by Gasteiger charge is 2.10. The van der Waals surface area contributed by atoms with E-state index in [1.165, 1.54) is 0 Å². The number of nitrogens with zero attached hydrogens (tertiary/aromatic N) is 1. The molecular formula is C14H15BrN2O. The number of aromatic nitrogens is 1. The molecule has 0 amide bonds. The van der Waals surface area contributed by atoms with Crippen LogP contribution in [0.3, 0.4) is 0 Å². The van der Waals surface area contributed by atoms with Crippen molar-refractivity contribution in [3.8, 4) is 0 Å². The fourth-order valence-electron chi connectivity index (χ4n) is 1.72. The number of pyridine rings is 1. The molecule has 0 bridgehead atoms. The van der Waals surface area contributed by atoms with E-state index in [4.69, 9.17) is 0 Å². The van der Waals surface area contributed by atoms with Gasteiger partial charge in [-0.1, -0.05) is 30.3 Å². The summed E-state index contributed by atoms with van der Waals surface area (Å²) in [5, 5.41) is 12.7. The van der Waals surface area contributed by atoms with Gasteiger partial charge in [0.05, 0.1) is 12.6 Å². The predicted octanol–water partition coefficient (Wildman–Crippen LogP) is 3.30. The Hall–Kier alpha value is -1.39. The van der Waals surface area contributed by atoms with Crippen molar-refractivity contribution in [1.82, 2.24) is 4.98 Å². The first kappa shape index (κ1) is 13.1. The van der Waals surface area contributed by atoms with Gasteiger partial charge in [0.25, 0.3) is 0 Å². The Labute approximate surface area is 115 Å². The second-order valence-electron chi connectivity index (χ2n) is 4.11. The van der Waals surface area contributed by atoms with Crippen molar-refractivity contribution in [3.05, 3.63) is 58.2 Å². The molecular weight excluding hydrogens is 292 g/mol. The third kappa shape index (κ3) is 3.09. The van der Waals surface area contributed by atoms with Crippen molar-refractivity contribution in [2.45, 2.75) is 13.0 Å². The first-order valence-electron chi connectivity index (χ1n) is 5.75. The van der Waals surface area contributed by atoms with Gasteiger partial charge in [0.15, 0.2) is 0 Å². The molecule has 2 aromatic rings. The molecule has 0 spiro atoms. The molecule has 2 rings (SSSR count). The van der Waals surface area contributed by atoms with Crippen molar-refractivity contribution in [1.29, 1.82) is 0 Å². The van der Waals surface area contributed by atoms with Crippen molar-refractivity contribution in [2.24, 2.45) is 0 Å². The van der Waals surface area contributed by atoms with Crippen molar-refractivity contribution >= 4 is 21.7 Å². The van der Waals surface area contributed by atoms with E-state index in [1.807, 2.05) is 43.3 Å². The minimum atomic E-state index is -0.140. The van der Waals surface area contributed by atoms with Crippen LogP contribution >= 0.6 is 15.9 Å². The Balaban J connectivity index is 2.18. The van der Waals surface area contributed by atoms with Crippen LogP contribution in [-0.4, -0.2) is 16.7 Å². The molecule has 0 saturated heterocycles. The number of aryl methyl sites for hydroxylation is 1. The Morgan fingerprint density at radius 1 is 1.33 bits per heavy atom. The molecule has 0 aliphatic rings. The molecule has 3 nitrogen and oxygen atoms in total. The third-order valence-electron chi connectivity index (χ3n) is 2.75. The summed E-state index contributed by atoms with van der Waals surface area (Å²) < 4.78 is 0.980. The Bertz CT molecular complexity index is 516. The first-order chi connectivity index (χ1) is 8.70. The van der Waals surface area contributed by atoms with Gasteiger partial charge in [0.1, 0.15) is 5.82 Å². The van der Waals surface area contributed by atoms with E-state index in [2.05, 4.69) is 26.2 Å². The molecule has 4 heteroatoms. The number of nitrogens with one attached hydrogen (secondary N) is 1. The summed E-state index contributed by atoms with van der Waals surface area (Å²) in [6.07, 6.45) is 1.76. The lowest BCUT2D eigenvalue weighted by atomic mass is 10.1. The molecule has 94 valence electrons. The van der Waals surface area contributed by atoms with E-state index in [1.54, 1.807) is 6.20 Å². The summed E-state index contributed by atoms with van der Waals surface area (Å²) in [4.78, 5) is 4.28. The first-order valence-corrected chi connectivity index (χ1v) is 6.54. The molecule has 1 heterocycles. The van der Waals surface area contributed by atoms with Gasteiger partial charge in [-0.2, -0.15) is 0 Å². The monoisotopic (exact) mass is 306 g/mol. The van der Waals surface area contributed by atoms with Gasteiger partial charge >= 0.3 is 0 Å². The molecule has 0 aliphatic heterocycles. The molecule has 0 radical (unpaired) electrons. The minimum absolute atomic E-state index is 0.0286. The van der Waals surface area contributed by atoms with Crippen molar-refractivity contribution in [2.75, 3.05) is 11.9 Å². The molecule has 1 aromatic heterocycles. The SMILES string of the molecule is Cc1cc(NC(CO)c2ccccc2)ncc1Br. The smallest absolute Gasteiger partial charge is 0.126 e. The zero-order chi connectivity index (χ0) is 13.0. The molecule has 0 saturated carbocycles. The molecule has 0 aliphatic carbocycles. The number of hydrogen-bond acceptors (Lipinski definition) is 3. The maximum absolute atomic E-state index is 9.47. The van der Waals surface area contributed by atoms with E-state index in [9.17, 15) is 5.11 Å². The second kappa shape index (κ2) is 5.98. The molecule has 2 N–H and O–H groups in total. The number of aliphatic hydroxyl groups excluding tert-OH is 1. The third-order valence-corrected chi connectivity index (χ3v) is 3.58. The van der Waals surface area contributed by atoms with Crippen LogP contribution in [0.1, 0.15) is 17.2 Å². The van der Waals surface area contributed by atoms with Crippen molar-refractivity contribution < 1.29 is 5.11 Å². The van der Waals surface area contributed by atoms with Crippen LogP contribution in [0.15, 0.2) is 47.1 Å². The van der Waals surface area contributed by atoms with Crippen LogP contribution in [0.25, 0.3) is 0 Å². The van der Waals surface area contributed by atoms with Gasteiger partial charge in [-0.25, -0.2) is 4.98 Å². The van der Waals surface area contributed by atoms with Crippen LogP contribution in [0.5, 0.6) is 0 Å². The summed E-state index contributed by atoms with van der Waals surface area (Å²) in [5.41, 5.74) is 2.15. The zero-order valence-electron chi connectivity index (χ0n) is 10.1. The lowest BCUT2D eigenvalue weighted by molar-refractivity contribution is 0.276. The maximum Gasteiger partial charge on any atom is 0.126 e. The molecule has 1 atom stereocenters. The van der Waals surface area contributed by atoms with E-state index >= 15 is 0 Å². The van der Waals surface area contributed by atoms with Crippen LogP contribution in [-0.2, 0) is 0 Å². The quantitative estimate of drug-likeness (QED) is 0.911. The minimum Gasteiger partial charge on any atom is -0.394 e. The summed E-state index contributed by atoms with van der Waals surface area (Å²) in [6.45, 7) is 2.04. The lowest BCUT2D eigenvalue weighted by Crippen LogP contribution is -2.15. The fraction of sp³-hybridized carbons (Fsp3) is 0.214. The molecule has 18 heavy (non-hydrogen) atoms. The second-order valence-corrected chi connectivity index (χ2v) is 4.96. The molecule has 1 unspecified atom stereocenters. The van der Waals surface area contributed by atoms with Crippen LogP contribution in [0.2, 0.25) is 0 Å². The highest BCUT2D eigenvalue weighted by Crippen LogP contribution is 2.21. The van der Waals surface area contributed by atoms with Gasteiger partial charge < -0.3 is 10.4 Å². The van der Waals surface area contributed by atoms with Gasteiger partial charge in [-0.15, -0.1) is 0 Å². The average molecular weight is 307 g/mol. The van der Waals surface area contributed by atoms with E-state index in [0.717, 1.165) is 21.4 Å². The number of rotatable bonds is 4. The van der Waals surface area contributed by atoms with Crippen LogP contribution < -0.4 is 5.32 Å². The Kier molecular flexibility index (Phi) is 4.33. The normalized spacial score (nSPS) is 12.2. The summed E-state index contributed by atoms with van der Waals surface area (Å²) >= 11 is 3.42. The number of anilines is 1. The summed E-state index contributed by atoms with van der Waals surface area (Å²) in [5.74, 6) is 0.763. The lowest BCUT2D eigenvalue weighted by Gasteiger charge is -2.17. The number of halogens is 1. The average Bonchev–Trinajstić information content (AvgIpc) is 2.41. The number of aliphatic hydroxyl groups is 1. The highest BCUT2D eigenvalue weighted by molar-refractivity contribution is 9.10. The van der Waals surface area contributed by atoms with Gasteiger partial charge in [0, 0.05) is 10.7 Å². The van der Waals surface area contributed by atoms with E-state index in [-0.39, 0.29) is 12.6 Å². The summed E-state index contributed by atoms with van der Waals surface area (Å²) in [7, 11) is 0. The summed E-state index contributed by atoms with van der Waals surface area (Å²) in [6, 6.07) is 11.7. The van der Waals surface area contributed by atoms with E-state index in [0.29, 0.717) is 0 Å². The molecule has 1 aromatic carbocycles. The van der Waals surface area contributed by atoms with Gasteiger partial charge in [-0.3, -0.25) is 0 Å².